The summed E-state index contributed by atoms with van der Waals surface area (Å²) in [4.78, 5) is 14.8. The molecule has 5 N–H and O–H groups in total. The van der Waals surface area contributed by atoms with Crippen LogP contribution in [-0.2, 0) is 32.5 Å². The van der Waals surface area contributed by atoms with Gasteiger partial charge in [0.15, 0.2) is 0 Å². The molecule has 1 saturated carbocycles. The predicted molar refractivity (Wildman–Crippen MR) is 253 cm³/mol. The third-order valence-electron chi connectivity index (χ3n) is 12.0. The molecule has 7 rings (SSSR count). The summed E-state index contributed by atoms with van der Waals surface area (Å²) in [5.41, 5.74) is 21.7. The van der Waals surface area contributed by atoms with E-state index in [0.29, 0.717) is 24.8 Å². The van der Waals surface area contributed by atoms with Crippen molar-refractivity contribution >= 4 is 56.8 Å². The first-order valence-corrected chi connectivity index (χ1v) is 21.6. The van der Waals surface area contributed by atoms with Crippen LogP contribution >= 0.6 is 0 Å². The van der Waals surface area contributed by atoms with Crippen molar-refractivity contribution in [3.63, 3.8) is 0 Å². The molecule has 4 heterocycles. The van der Waals surface area contributed by atoms with Gasteiger partial charge in [-0.1, -0.05) is 64.2 Å². The van der Waals surface area contributed by atoms with E-state index in [-0.39, 0.29) is 0 Å². The second-order valence-corrected chi connectivity index (χ2v) is 16.5. The molecule has 0 amide bonds. The lowest BCUT2D eigenvalue weighted by molar-refractivity contribution is 0.409. The number of hydrogen-bond acceptors (Lipinski definition) is 8. The zero-order valence-corrected chi connectivity index (χ0v) is 36.4. The Kier molecular flexibility index (Phi) is 12.9. The van der Waals surface area contributed by atoms with E-state index in [9.17, 15) is 0 Å². The predicted octanol–water partition coefficient (Wildman–Crippen LogP) is 10.3. The Balaban J connectivity index is 1.31. The quantitative estimate of drug-likeness (QED) is 0.0562. The maximum absolute atomic E-state index is 6.32. The maximum Gasteiger partial charge on any atom is 0.208 e. The van der Waals surface area contributed by atoms with E-state index >= 15 is 0 Å². The molecule has 0 atom stereocenters. The van der Waals surface area contributed by atoms with Crippen LogP contribution in [-0.4, -0.2) is 47.7 Å². The van der Waals surface area contributed by atoms with E-state index in [1.54, 1.807) is 7.05 Å². The van der Waals surface area contributed by atoms with Crippen LogP contribution in [0.5, 0.6) is 0 Å². The van der Waals surface area contributed by atoms with Crippen molar-refractivity contribution in [2.45, 2.75) is 118 Å². The van der Waals surface area contributed by atoms with Gasteiger partial charge < -0.3 is 30.8 Å². The van der Waals surface area contributed by atoms with Crippen molar-refractivity contribution in [3.05, 3.63) is 120 Å². The van der Waals surface area contributed by atoms with E-state index in [1.165, 1.54) is 43.2 Å². The molecule has 0 radical (unpaired) electrons. The van der Waals surface area contributed by atoms with Gasteiger partial charge in [0.2, 0.25) is 11.9 Å². The Morgan fingerprint density at radius 1 is 0.800 bits per heavy atom. The number of nitrogens with two attached hydrogens (primary N) is 1. The molecule has 60 heavy (non-hydrogen) atoms. The number of anilines is 2. The van der Waals surface area contributed by atoms with Gasteiger partial charge in [-0.3, -0.25) is 9.67 Å². The van der Waals surface area contributed by atoms with Crippen molar-refractivity contribution in [2.75, 3.05) is 17.7 Å². The van der Waals surface area contributed by atoms with Gasteiger partial charge in [0.05, 0.1) is 39.2 Å². The Morgan fingerprint density at radius 2 is 1.38 bits per heavy atom. The largest absolute Gasteiger partial charge is 0.399 e. The van der Waals surface area contributed by atoms with Gasteiger partial charge in [-0.05, 0) is 130 Å². The Labute approximate surface area is 355 Å². The van der Waals surface area contributed by atoms with E-state index in [2.05, 4.69) is 99.7 Å². The number of nitrogens with zero attached hydrogens (tertiary/aromatic N) is 7. The Morgan fingerprint density at radius 3 is 1.98 bits per heavy atom. The first-order valence-electron chi connectivity index (χ1n) is 21.6. The first kappa shape index (κ1) is 42.0. The van der Waals surface area contributed by atoms with Gasteiger partial charge in [-0.2, -0.15) is 5.10 Å². The van der Waals surface area contributed by atoms with Crippen LogP contribution in [0.3, 0.4) is 0 Å². The van der Waals surface area contributed by atoms with Crippen LogP contribution < -0.4 is 21.7 Å². The molecule has 0 unspecified atom stereocenters. The normalized spacial score (nSPS) is 16.3. The van der Waals surface area contributed by atoms with Crippen molar-refractivity contribution in [1.82, 2.24) is 34.2 Å². The molecule has 0 spiro atoms. The first-order chi connectivity index (χ1) is 28.9. The minimum absolute atomic E-state index is 0.459. The van der Waals surface area contributed by atoms with E-state index in [0.717, 1.165) is 124 Å². The topological polar surface area (TPSA) is 128 Å². The molecule has 11 heteroatoms. The monoisotopic (exact) mass is 806 g/mol. The number of benzene rings is 2. The van der Waals surface area contributed by atoms with Crippen LogP contribution in [0.4, 0.5) is 11.9 Å². The lowest BCUT2D eigenvalue weighted by Crippen LogP contribution is -2.29. The third-order valence-corrected chi connectivity index (χ3v) is 12.0. The summed E-state index contributed by atoms with van der Waals surface area (Å²) < 4.78 is 6.54. The highest BCUT2D eigenvalue weighted by atomic mass is 15.3. The van der Waals surface area contributed by atoms with Crippen LogP contribution in [0.1, 0.15) is 106 Å². The standard InChI is InChI=1S/C49H63N11/c1-10-60-45(26-33(4)57-60)37(8)54-49-56-44-30-41(36(7)52-42-21-15-12-16-22-42)28-39-20-14-11-13-19-38-27-40(34(5)50)29-43-46(38)58(23-17-18-24-59(49)47(39)44)48(55-43)53-35(6)31(2)25-32(3)51-9/h17-18,25-30,42,52H,5-8,10-16,19-24,50H2,1-4,9H3,(H,53,55)(H,54,56)/b18-17+,31-25+,51-32?. The average molecular weight is 806 g/mol. The summed E-state index contributed by atoms with van der Waals surface area (Å²) >= 11 is 0. The van der Waals surface area contributed by atoms with Crippen LogP contribution in [0, 0.1) is 6.92 Å². The van der Waals surface area contributed by atoms with Crippen molar-refractivity contribution in [1.29, 1.82) is 0 Å². The van der Waals surface area contributed by atoms with Crippen LogP contribution in [0.15, 0.2) is 91.1 Å². The molecule has 2 aliphatic rings. The Bertz CT molecular complexity index is 2540. The van der Waals surface area contributed by atoms with Gasteiger partial charge in [0.25, 0.3) is 0 Å². The molecule has 314 valence electrons. The van der Waals surface area contributed by atoms with Gasteiger partial charge in [-0.15, -0.1) is 0 Å². The van der Waals surface area contributed by atoms with Gasteiger partial charge in [-0.25, -0.2) is 9.97 Å². The summed E-state index contributed by atoms with van der Waals surface area (Å²) in [5.74, 6) is 1.46. The number of nitrogens with one attached hydrogen (secondary N) is 3. The fourth-order valence-electron chi connectivity index (χ4n) is 8.67. The zero-order chi connectivity index (χ0) is 42.5. The Hall–Kier alpha value is -6.10. The van der Waals surface area contributed by atoms with Crippen LogP contribution in [0.25, 0.3) is 39.2 Å². The summed E-state index contributed by atoms with van der Waals surface area (Å²) in [6.07, 6.45) is 17.6. The molecule has 5 aromatic rings. The maximum atomic E-state index is 6.32. The van der Waals surface area contributed by atoms with E-state index < -0.39 is 0 Å². The number of rotatable bonds is 12. The molecular formula is C49H63N11. The fourth-order valence-corrected chi connectivity index (χ4v) is 8.67. The zero-order valence-electron chi connectivity index (χ0n) is 36.4. The minimum Gasteiger partial charge on any atom is -0.399 e. The number of aliphatic imine (C=N–C) groups is 1. The lowest BCUT2D eigenvalue weighted by Gasteiger charge is -2.25. The number of hydrogen-bond donors (Lipinski definition) is 4. The molecule has 0 saturated heterocycles. The van der Waals surface area contributed by atoms with E-state index in [1.807, 2.05) is 37.6 Å². The van der Waals surface area contributed by atoms with Crippen molar-refractivity contribution < 1.29 is 0 Å². The molecular weight excluding hydrogens is 743 g/mol. The van der Waals surface area contributed by atoms with Crippen molar-refractivity contribution in [3.8, 4) is 0 Å². The van der Waals surface area contributed by atoms with Gasteiger partial charge >= 0.3 is 0 Å². The highest BCUT2D eigenvalue weighted by Gasteiger charge is 2.21. The minimum atomic E-state index is 0.459. The smallest absolute Gasteiger partial charge is 0.208 e. The average Bonchev–Trinajstić information content (AvgIpc) is 3.90. The molecule has 2 aromatic carbocycles. The summed E-state index contributed by atoms with van der Waals surface area (Å²) in [6, 6.07) is 11.3. The number of allylic oxidation sites excluding steroid dienone is 4. The second-order valence-electron chi connectivity index (χ2n) is 16.5. The molecule has 0 bridgehead atoms. The number of aromatic nitrogens is 6. The highest BCUT2D eigenvalue weighted by molar-refractivity contribution is 5.94. The summed E-state index contributed by atoms with van der Waals surface area (Å²) in [7, 11) is 1.79. The molecule has 1 aliphatic carbocycles. The third kappa shape index (κ3) is 9.20. The molecule has 3 aromatic heterocycles. The van der Waals surface area contributed by atoms with Gasteiger partial charge in [0, 0.05) is 55.5 Å². The molecule has 1 fully saturated rings. The second kappa shape index (κ2) is 18.4. The lowest BCUT2D eigenvalue weighted by atomic mass is 9.94. The van der Waals surface area contributed by atoms with Crippen LogP contribution in [0.2, 0.25) is 0 Å². The molecule has 11 nitrogen and oxygen atoms in total. The summed E-state index contributed by atoms with van der Waals surface area (Å²) in [5, 5.41) is 15.7. The number of aryl methyl sites for hydroxylation is 4. The SMILES string of the molecule is C=C(Nc1nc2cc(C(=C)N)cc3c2n1C/C=C/Cn1c(NC(=C)c2cc(C)nn2CC)nc2cc(C(=C)NC4CCCCC4)cc(c21)CCCCC3)/C(C)=C/C(C)=NC. The fraction of sp³-hybridized carbons (Fsp3) is 0.388. The number of imidazole rings is 2. The highest BCUT2D eigenvalue weighted by Crippen LogP contribution is 2.33. The summed E-state index contributed by atoms with van der Waals surface area (Å²) in [6.45, 7) is 27.5. The van der Waals surface area contributed by atoms with E-state index in [4.69, 9.17) is 20.8 Å². The van der Waals surface area contributed by atoms with Gasteiger partial charge in [0.1, 0.15) is 0 Å². The molecule has 1 aliphatic heterocycles. The van der Waals surface area contributed by atoms with Crippen molar-refractivity contribution in [2.24, 2.45) is 10.7 Å².